The molecular formula is C13H20O4. The van der Waals surface area contributed by atoms with Crippen LogP contribution in [0, 0.1) is 16.7 Å². The SMILES string of the molecule is CC(C)CC1(C(=O)O)C=CCC(C)(C(=O)O)C1. The number of carbonyl (C=O) groups is 2. The first-order chi connectivity index (χ1) is 7.72. The predicted octanol–water partition coefficient (Wildman–Crippen LogP) is 2.54. The van der Waals surface area contributed by atoms with Gasteiger partial charge in [-0.1, -0.05) is 26.0 Å². The zero-order chi connectivity index (χ0) is 13.3. The summed E-state index contributed by atoms with van der Waals surface area (Å²) in [6.07, 6.45) is 4.42. The summed E-state index contributed by atoms with van der Waals surface area (Å²) in [4.78, 5) is 22.7. The van der Waals surface area contributed by atoms with Crippen molar-refractivity contribution >= 4 is 11.9 Å². The van der Waals surface area contributed by atoms with Crippen LogP contribution in [0.5, 0.6) is 0 Å². The Morgan fingerprint density at radius 3 is 2.29 bits per heavy atom. The summed E-state index contributed by atoms with van der Waals surface area (Å²) in [5, 5.41) is 18.6. The van der Waals surface area contributed by atoms with Crippen molar-refractivity contribution in [2.75, 3.05) is 0 Å². The standard InChI is InChI=1S/C13H20O4/c1-9(2)7-13(11(16)17)6-4-5-12(3,8-13)10(14)15/h4,6,9H,5,7-8H2,1-3H3,(H,14,15)(H,16,17). The highest BCUT2D eigenvalue weighted by atomic mass is 16.4. The molecule has 17 heavy (non-hydrogen) atoms. The Bertz CT molecular complexity index is 358. The zero-order valence-corrected chi connectivity index (χ0v) is 10.6. The number of hydrogen-bond donors (Lipinski definition) is 2. The molecule has 0 aromatic rings. The molecular weight excluding hydrogens is 220 g/mol. The molecule has 4 heteroatoms. The highest BCUT2D eigenvalue weighted by molar-refractivity contribution is 5.81. The van der Waals surface area contributed by atoms with E-state index in [0.717, 1.165) is 0 Å². The predicted molar refractivity (Wildman–Crippen MR) is 63.6 cm³/mol. The Morgan fingerprint density at radius 1 is 1.29 bits per heavy atom. The van der Waals surface area contributed by atoms with Crippen LogP contribution < -0.4 is 0 Å². The zero-order valence-electron chi connectivity index (χ0n) is 10.6. The molecule has 0 saturated heterocycles. The lowest BCUT2D eigenvalue weighted by Gasteiger charge is -2.38. The third-order valence-corrected chi connectivity index (χ3v) is 3.43. The van der Waals surface area contributed by atoms with Crippen LogP contribution in [0.15, 0.2) is 12.2 Å². The molecule has 96 valence electrons. The highest BCUT2D eigenvalue weighted by Gasteiger charge is 2.48. The molecule has 1 rings (SSSR count). The number of carboxylic acids is 2. The Morgan fingerprint density at radius 2 is 1.88 bits per heavy atom. The van der Waals surface area contributed by atoms with Gasteiger partial charge in [0.05, 0.1) is 10.8 Å². The first-order valence-electron chi connectivity index (χ1n) is 5.86. The molecule has 0 fully saturated rings. The molecule has 2 unspecified atom stereocenters. The maximum Gasteiger partial charge on any atom is 0.313 e. The van der Waals surface area contributed by atoms with Crippen molar-refractivity contribution < 1.29 is 19.8 Å². The van der Waals surface area contributed by atoms with Gasteiger partial charge in [0.15, 0.2) is 0 Å². The smallest absolute Gasteiger partial charge is 0.313 e. The largest absolute Gasteiger partial charge is 0.481 e. The van der Waals surface area contributed by atoms with E-state index in [1.54, 1.807) is 19.1 Å². The minimum atomic E-state index is -1.03. The molecule has 0 heterocycles. The number of allylic oxidation sites excluding steroid dienone is 1. The fourth-order valence-corrected chi connectivity index (χ4v) is 2.64. The summed E-state index contributed by atoms with van der Waals surface area (Å²) < 4.78 is 0. The molecule has 1 aliphatic carbocycles. The molecule has 0 aromatic heterocycles. The van der Waals surface area contributed by atoms with Crippen LogP contribution in [0.4, 0.5) is 0 Å². The Kier molecular flexibility index (Phi) is 3.65. The van der Waals surface area contributed by atoms with Gasteiger partial charge in [0, 0.05) is 0 Å². The number of carboxylic acid groups (broad SMARTS) is 2. The quantitative estimate of drug-likeness (QED) is 0.740. The highest BCUT2D eigenvalue weighted by Crippen LogP contribution is 2.46. The van der Waals surface area contributed by atoms with Crippen molar-refractivity contribution in [1.29, 1.82) is 0 Å². The van der Waals surface area contributed by atoms with E-state index in [0.29, 0.717) is 12.8 Å². The van der Waals surface area contributed by atoms with Crippen molar-refractivity contribution in [3.05, 3.63) is 12.2 Å². The van der Waals surface area contributed by atoms with Crippen molar-refractivity contribution in [3.63, 3.8) is 0 Å². The van der Waals surface area contributed by atoms with E-state index in [2.05, 4.69) is 0 Å². The lowest BCUT2D eigenvalue weighted by atomic mass is 9.63. The average molecular weight is 240 g/mol. The van der Waals surface area contributed by atoms with E-state index in [4.69, 9.17) is 0 Å². The fraction of sp³-hybridized carbons (Fsp3) is 0.692. The van der Waals surface area contributed by atoms with Crippen LogP contribution in [-0.2, 0) is 9.59 Å². The molecule has 0 aromatic carbocycles. The molecule has 2 atom stereocenters. The fourth-order valence-electron chi connectivity index (χ4n) is 2.64. The van der Waals surface area contributed by atoms with Gasteiger partial charge in [-0.3, -0.25) is 9.59 Å². The van der Waals surface area contributed by atoms with Gasteiger partial charge >= 0.3 is 11.9 Å². The van der Waals surface area contributed by atoms with Crippen LogP contribution in [0.25, 0.3) is 0 Å². The van der Waals surface area contributed by atoms with Gasteiger partial charge in [-0.15, -0.1) is 0 Å². The molecule has 0 saturated carbocycles. The van der Waals surface area contributed by atoms with Gasteiger partial charge in [-0.25, -0.2) is 0 Å². The van der Waals surface area contributed by atoms with Crippen molar-refractivity contribution in [3.8, 4) is 0 Å². The van der Waals surface area contributed by atoms with E-state index in [9.17, 15) is 19.8 Å². The van der Waals surface area contributed by atoms with Crippen LogP contribution in [-0.4, -0.2) is 22.2 Å². The number of rotatable bonds is 4. The molecule has 0 amide bonds. The molecule has 0 spiro atoms. The normalized spacial score (nSPS) is 32.7. The third-order valence-electron chi connectivity index (χ3n) is 3.43. The molecule has 1 aliphatic rings. The third kappa shape index (κ3) is 2.68. The molecule has 2 N–H and O–H groups in total. The van der Waals surface area contributed by atoms with E-state index >= 15 is 0 Å². The maximum atomic E-state index is 11.5. The van der Waals surface area contributed by atoms with Crippen LogP contribution in [0.2, 0.25) is 0 Å². The lowest BCUT2D eigenvalue weighted by Crippen LogP contribution is -2.42. The summed E-state index contributed by atoms with van der Waals surface area (Å²) in [5.74, 6) is -1.63. The number of hydrogen-bond acceptors (Lipinski definition) is 2. The Balaban J connectivity index is 3.08. The first kappa shape index (κ1) is 13.7. The molecule has 0 bridgehead atoms. The van der Waals surface area contributed by atoms with Gasteiger partial charge in [0.2, 0.25) is 0 Å². The minimum Gasteiger partial charge on any atom is -0.481 e. The van der Waals surface area contributed by atoms with Gasteiger partial charge in [-0.2, -0.15) is 0 Å². The topological polar surface area (TPSA) is 74.6 Å². The van der Waals surface area contributed by atoms with E-state index < -0.39 is 22.8 Å². The van der Waals surface area contributed by atoms with Crippen LogP contribution >= 0.6 is 0 Å². The van der Waals surface area contributed by atoms with E-state index in [1.165, 1.54) is 0 Å². The summed E-state index contributed by atoms with van der Waals surface area (Å²) >= 11 is 0. The van der Waals surface area contributed by atoms with Gasteiger partial charge in [-0.05, 0) is 32.1 Å². The van der Waals surface area contributed by atoms with Gasteiger partial charge < -0.3 is 10.2 Å². The second-order valence-electron chi connectivity index (χ2n) is 5.71. The molecule has 0 radical (unpaired) electrons. The second kappa shape index (κ2) is 4.51. The first-order valence-corrected chi connectivity index (χ1v) is 5.86. The summed E-state index contributed by atoms with van der Waals surface area (Å²) in [6.45, 7) is 5.52. The molecule has 0 aliphatic heterocycles. The average Bonchev–Trinajstić information content (AvgIpc) is 2.16. The summed E-state index contributed by atoms with van der Waals surface area (Å²) in [5.41, 5.74) is -2.00. The van der Waals surface area contributed by atoms with Crippen molar-refractivity contribution in [2.24, 2.45) is 16.7 Å². The Labute approximate surface area is 101 Å². The number of aliphatic carboxylic acids is 2. The van der Waals surface area contributed by atoms with Crippen LogP contribution in [0.3, 0.4) is 0 Å². The minimum absolute atomic E-state index is 0.166. The van der Waals surface area contributed by atoms with Crippen LogP contribution in [0.1, 0.15) is 40.0 Å². The lowest BCUT2D eigenvalue weighted by molar-refractivity contribution is -0.156. The maximum absolute atomic E-state index is 11.5. The Hall–Kier alpha value is -1.32. The van der Waals surface area contributed by atoms with E-state index in [-0.39, 0.29) is 12.3 Å². The molecule has 4 nitrogen and oxygen atoms in total. The van der Waals surface area contributed by atoms with Crippen molar-refractivity contribution in [2.45, 2.75) is 40.0 Å². The van der Waals surface area contributed by atoms with E-state index in [1.807, 2.05) is 13.8 Å². The summed E-state index contributed by atoms with van der Waals surface area (Å²) in [7, 11) is 0. The second-order valence-corrected chi connectivity index (χ2v) is 5.71. The van der Waals surface area contributed by atoms with Crippen molar-refractivity contribution in [1.82, 2.24) is 0 Å². The monoisotopic (exact) mass is 240 g/mol. The van der Waals surface area contributed by atoms with Gasteiger partial charge in [0.1, 0.15) is 0 Å². The van der Waals surface area contributed by atoms with Gasteiger partial charge in [0.25, 0.3) is 0 Å². The summed E-state index contributed by atoms with van der Waals surface area (Å²) in [6, 6.07) is 0.